The average molecular weight is 1990 g/mol. The number of imide groups is 2. The lowest BCUT2D eigenvalue weighted by Gasteiger charge is -2.50. The summed E-state index contributed by atoms with van der Waals surface area (Å²) < 4.78 is 93.4. The molecule has 10 saturated heterocycles. The van der Waals surface area contributed by atoms with Gasteiger partial charge in [0.1, 0.15) is 159 Å². The summed E-state index contributed by atoms with van der Waals surface area (Å²) in [5, 5.41) is 214. The standard InChI is InChI=1S/C76H122N12O45S2/c1-10-134-33-11-35(97)87(68(33)114)20-78-18-81-67(113)63-59(47(105)51(109)75(132-63)124-53-37(83-25(4)93)23(2)120-29(13-89)41(53)99)128-71-39(85-27(6)95)55(43(101)31(15-91)122-71)126-73-49(107)45(103)57(118-8)61(130-73)65(111)80-17-77-21-88-36(98)12-34(69(88)115)135-22-79-19-82-66(112)62-58(119-9)46(104)50(108)74(131-62)127-56-40(86-28(7)96)72(123-32(16-92)44(56)102)129-60-48(106)52(110)76(133-64(60)70(116)117)125-54-38(84-26(5)94)24(3)121-30(14-90)42(54)100/h23-24,29-34,37-64,71-79,89-92,99-110H,10-22H2,1-9H3,(H,80,111)(H,81,113)(H,82,112)(H,83,93)(H,84,94)(H,85,95)(H,86,96)(H,116,117)/t23-,24+,29?,30?,31?,32?,33?,34?,37?,38?,39?,40?,41?,42?,43?,44?,45?,46?,47?,48?,49?,50?,51?,52?,53?,54?,55?,56?,57?,58?,59?,60?,61?,62?,63?,64?,71?,72?,73?,74?,75?,76?/m0/s1. The molecule has 57 nitrogen and oxygen atoms in total. The average Bonchev–Trinajstić information content (AvgIpc) is 0.805. The molecule has 10 heterocycles. The zero-order valence-corrected chi connectivity index (χ0v) is 75.8. The molecular weight excluding hydrogens is 1870 g/mol. The second kappa shape index (κ2) is 49.6. The summed E-state index contributed by atoms with van der Waals surface area (Å²) in [5.74, 6) is -10.5. The Kier molecular flexibility index (Phi) is 40.6. The fourth-order valence-electron chi connectivity index (χ4n) is 17.0. The van der Waals surface area contributed by atoms with Crippen molar-refractivity contribution >= 4 is 94.5 Å². The molecule has 10 rings (SSSR count). The number of methoxy groups -OCH3 is 2. The van der Waals surface area contributed by atoms with Crippen molar-refractivity contribution in [3.05, 3.63) is 0 Å². The van der Waals surface area contributed by atoms with Crippen LogP contribution in [0.4, 0.5) is 0 Å². The first-order chi connectivity index (χ1) is 64.0. The third kappa shape index (κ3) is 25.8. The van der Waals surface area contributed by atoms with Gasteiger partial charge in [-0.25, -0.2) is 4.79 Å². The largest absolute Gasteiger partial charge is 0.479 e. The van der Waals surface area contributed by atoms with E-state index in [4.69, 9.17) is 75.8 Å². The van der Waals surface area contributed by atoms with Gasteiger partial charge in [0, 0.05) is 60.6 Å². The zero-order chi connectivity index (χ0) is 99.3. The van der Waals surface area contributed by atoms with Gasteiger partial charge in [-0.2, -0.15) is 0 Å². The van der Waals surface area contributed by atoms with Gasteiger partial charge in [-0.15, -0.1) is 23.5 Å². The summed E-state index contributed by atoms with van der Waals surface area (Å²) in [6.45, 7) is 2.65. The molecule has 0 aliphatic carbocycles. The summed E-state index contributed by atoms with van der Waals surface area (Å²) >= 11 is 2.15. The summed E-state index contributed by atoms with van der Waals surface area (Å²) in [6.07, 6.45) is -70.6. The number of hydrogen-bond acceptors (Lipinski definition) is 49. The fourth-order valence-corrected chi connectivity index (χ4v) is 18.9. The number of amides is 11. The first-order valence-corrected chi connectivity index (χ1v) is 45.1. The van der Waals surface area contributed by atoms with Crippen LogP contribution in [0.25, 0.3) is 0 Å². The Bertz CT molecular complexity index is 4030. The lowest BCUT2D eigenvalue weighted by atomic mass is 9.92. The second-order valence-corrected chi connectivity index (χ2v) is 35.8. The van der Waals surface area contributed by atoms with Crippen LogP contribution in [0.5, 0.6) is 0 Å². The smallest absolute Gasteiger partial charge is 0.335 e. The van der Waals surface area contributed by atoms with Crippen LogP contribution < -0.4 is 53.2 Å². The first-order valence-electron chi connectivity index (χ1n) is 43.0. The highest BCUT2D eigenvalue weighted by molar-refractivity contribution is 8.00. The third-order valence-electron chi connectivity index (χ3n) is 23.8. The third-order valence-corrected chi connectivity index (χ3v) is 26.1. The number of aliphatic hydroxyl groups is 16. The number of aliphatic carboxylic acids is 1. The highest BCUT2D eigenvalue weighted by Gasteiger charge is 2.62. The van der Waals surface area contributed by atoms with Crippen molar-refractivity contribution < 1.29 is 220 Å². The number of carbonyl (C=O) groups excluding carboxylic acids is 11. The molecule has 0 radical (unpaired) electrons. The Morgan fingerprint density at radius 1 is 0.363 bits per heavy atom. The maximum absolute atomic E-state index is 14.5. The molecule has 0 aromatic rings. The molecule has 40 unspecified atom stereocenters. The minimum atomic E-state index is -2.35. The molecule has 10 aliphatic rings. The van der Waals surface area contributed by atoms with E-state index in [-0.39, 0.29) is 18.7 Å². The predicted molar refractivity (Wildman–Crippen MR) is 439 cm³/mol. The summed E-state index contributed by atoms with van der Waals surface area (Å²) in [6, 6.07) is -6.25. The molecule has 11 amide bonds. The van der Waals surface area contributed by atoms with Gasteiger partial charge in [-0.05, 0) is 19.6 Å². The van der Waals surface area contributed by atoms with Crippen molar-refractivity contribution in [3.8, 4) is 0 Å². The Labute approximate surface area is 777 Å². The fraction of sp³-hybridized carbons (Fsp3) is 0.842. The van der Waals surface area contributed by atoms with E-state index in [1.54, 1.807) is 6.92 Å². The van der Waals surface area contributed by atoms with E-state index in [2.05, 4.69) is 53.2 Å². The summed E-state index contributed by atoms with van der Waals surface area (Å²) in [7, 11) is 2.06. The van der Waals surface area contributed by atoms with Crippen LogP contribution in [-0.2, 0) is 133 Å². The van der Waals surface area contributed by atoms with Crippen LogP contribution in [-0.4, -0.2) is 509 Å². The molecule has 10 aliphatic heterocycles. The molecule has 59 heteroatoms. The van der Waals surface area contributed by atoms with E-state index in [0.717, 1.165) is 63.5 Å². The number of rotatable bonds is 41. The molecule has 10 fully saturated rings. The van der Waals surface area contributed by atoms with E-state index in [0.29, 0.717) is 5.75 Å². The maximum Gasteiger partial charge on any atom is 0.335 e. The lowest BCUT2D eigenvalue weighted by Crippen LogP contribution is -2.71. The van der Waals surface area contributed by atoms with E-state index >= 15 is 0 Å². The highest BCUT2D eigenvalue weighted by atomic mass is 32.2. The quantitative estimate of drug-likeness (QED) is 0.0154. The number of carboxylic acids is 1. The molecular formula is C76H122N12O45S2. The maximum atomic E-state index is 14.5. The van der Waals surface area contributed by atoms with Crippen molar-refractivity contribution in [2.45, 2.75) is 317 Å². The minimum absolute atomic E-state index is 0.0881. The van der Waals surface area contributed by atoms with Crippen LogP contribution >= 0.6 is 23.5 Å². The monoisotopic (exact) mass is 1990 g/mol. The van der Waals surface area contributed by atoms with E-state index in [1.165, 1.54) is 25.6 Å². The molecule has 0 bridgehead atoms. The molecule has 42 atom stereocenters. The first kappa shape index (κ1) is 110. The number of ether oxygens (including phenoxy) is 16. The van der Waals surface area contributed by atoms with Crippen LogP contribution in [0.2, 0.25) is 0 Å². The topological polar surface area (TPSA) is 823 Å². The van der Waals surface area contributed by atoms with Gasteiger partial charge in [0.25, 0.3) is 17.7 Å². The Hall–Kier alpha value is -6.66. The Balaban J connectivity index is 0.735. The molecule has 135 heavy (non-hydrogen) atoms. The summed E-state index contributed by atoms with van der Waals surface area (Å²) in [5.41, 5.74) is 0. The number of nitrogens with one attached hydrogen (secondary N) is 10. The molecule has 0 aromatic heterocycles. The minimum Gasteiger partial charge on any atom is -0.479 e. The van der Waals surface area contributed by atoms with Gasteiger partial charge in [0.2, 0.25) is 47.3 Å². The summed E-state index contributed by atoms with van der Waals surface area (Å²) in [4.78, 5) is 161. The molecule has 0 saturated carbocycles. The zero-order valence-electron chi connectivity index (χ0n) is 74.2. The van der Waals surface area contributed by atoms with Gasteiger partial charge in [-0.1, -0.05) is 6.92 Å². The molecule has 768 valence electrons. The van der Waals surface area contributed by atoms with Gasteiger partial charge in [0.15, 0.2) is 62.2 Å². The number of hydrogen-bond donors (Lipinski definition) is 27. The Morgan fingerprint density at radius 2 is 0.644 bits per heavy atom. The molecule has 0 spiro atoms. The van der Waals surface area contributed by atoms with Crippen molar-refractivity contribution in [3.63, 3.8) is 0 Å². The SMILES string of the molecule is CCSC1CC(=O)N(CNCNC(=O)C2OC(OC3C(O)C(CO)O[C@@H](C)C3NC(C)=O)C(O)C(O)C2OC2OC(CO)C(O)C(OC3OC(C(=O)NCNCN4C(=O)CC(SCNCNC(=O)C5OC(OC6C(O)C(CO)OC(OC7C(C(=O)O)OC(OC8C(O)C(CO)O[C@H](C)C8NC(C)=O)C(O)C7O)C6NC(C)=O)C(O)C(O)C5OC)C4=O)C(OC)C(O)C3O)C2NC(C)=O)C1=O. The molecule has 27 N–H and O–H groups in total. The molecule has 0 aromatic carbocycles. The van der Waals surface area contributed by atoms with Gasteiger partial charge in [0.05, 0.1) is 94.6 Å². The van der Waals surface area contributed by atoms with Crippen molar-refractivity contribution in [2.24, 2.45) is 0 Å². The van der Waals surface area contributed by atoms with Crippen LogP contribution in [0, 0.1) is 0 Å². The lowest BCUT2D eigenvalue weighted by molar-refractivity contribution is -0.366. The van der Waals surface area contributed by atoms with Gasteiger partial charge >= 0.3 is 5.97 Å². The van der Waals surface area contributed by atoms with Gasteiger partial charge < -0.3 is 200 Å². The van der Waals surface area contributed by atoms with Crippen LogP contribution in [0.3, 0.4) is 0 Å². The highest BCUT2D eigenvalue weighted by Crippen LogP contribution is 2.40. The van der Waals surface area contributed by atoms with Crippen molar-refractivity contribution in [1.82, 2.24) is 63.0 Å². The number of aliphatic hydroxyl groups excluding tert-OH is 16. The second-order valence-electron chi connectivity index (χ2n) is 33.1. The van der Waals surface area contributed by atoms with E-state index < -0.39 is 386 Å². The van der Waals surface area contributed by atoms with Crippen molar-refractivity contribution in [2.75, 3.05) is 85.6 Å². The normalized spacial score (nSPS) is 41.3. The van der Waals surface area contributed by atoms with Gasteiger partial charge in [-0.3, -0.25) is 78.5 Å². The number of carboxylic acid groups (broad SMARTS) is 1. The van der Waals surface area contributed by atoms with E-state index in [9.17, 15) is 144 Å². The van der Waals surface area contributed by atoms with Crippen LogP contribution in [0.15, 0.2) is 0 Å². The number of likely N-dealkylation sites (tertiary alicyclic amines) is 2. The van der Waals surface area contributed by atoms with Crippen LogP contribution in [0.1, 0.15) is 61.3 Å². The van der Waals surface area contributed by atoms with E-state index in [1.807, 2.05) is 0 Å². The number of nitrogens with zero attached hydrogens (tertiary/aromatic N) is 2. The Morgan fingerprint density at radius 3 is 0.963 bits per heavy atom. The predicted octanol–water partition coefficient (Wildman–Crippen LogP) is -17.7. The van der Waals surface area contributed by atoms with Crippen molar-refractivity contribution in [1.29, 1.82) is 0 Å². The number of carbonyl (C=O) groups is 12. The number of thioether (sulfide) groups is 2.